The monoisotopic (exact) mass is 343 g/mol. The van der Waals surface area contributed by atoms with E-state index in [-0.39, 0.29) is 11.7 Å². The smallest absolute Gasteiger partial charge is 0.230 e. The number of phenols is 1. The van der Waals surface area contributed by atoms with E-state index in [0.29, 0.717) is 11.6 Å². The van der Waals surface area contributed by atoms with E-state index in [0.717, 1.165) is 43.2 Å². The number of carbonyl (C=O) groups excluding carboxylic acids is 1. The van der Waals surface area contributed by atoms with E-state index in [1.54, 1.807) is 12.1 Å². The molecule has 2 N–H and O–H groups in total. The number of benzene rings is 2. The second-order valence-electron chi connectivity index (χ2n) is 6.47. The molecule has 0 aliphatic heterocycles. The third kappa shape index (κ3) is 3.57. The normalized spacial score (nSPS) is 15.5. The molecule has 0 heterocycles. The lowest BCUT2D eigenvalue weighted by atomic mass is 9.64. The van der Waals surface area contributed by atoms with Crippen LogP contribution < -0.4 is 5.32 Å². The molecule has 0 atom stereocenters. The molecule has 2 aromatic rings. The number of phenolic OH excluding ortho intramolecular Hbond substituents is 1. The summed E-state index contributed by atoms with van der Waals surface area (Å²) < 4.78 is 0. The van der Waals surface area contributed by atoms with Crippen molar-refractivity contribution in [1.82, 2.24) is 5.32 Å². The van der Waals surface area contributed by atoms with Crippen molar-refractivity contribution in [3.8, 4) is 5.75 Å². The Balaban J connectivity index is 1.55. The lowest BCUT2D eigenvalue weighted by molar-refractivity contribution is -0.129. The highest BCUT2D eigenvalue weighted by Crippen LogP contribution is 2.44. The fraction of sp³-hybridized carbons (Fsp3) is 0.350. The molecular weight excluding hydrogens is 322 g/mol. The lowest BCUT2D eigenvalue weighted by Gasteiger charge is -2.40. The number of hydrogen-bond acceptors (Lipinski definition) is 2. The van der Waals surface area contributed by atoms with Gasteiger partial charge < -0.3 is 10.4 Å². The zero-order valence-electron chi connectivity index (χ0n) is 13.6. The third-order valence-electron chi connectivity index (χ3n) is 4.88. The minimum Gasteiger partial charge on any atom is -0.508 e. The fourth-order valence-electron chi connectivity index (χ4n) is 3.29. The Labute approximate surface area is 147 Å². The predicted molar refractivity (Wildman–Crippen MR) is 96.4 cm³/mol. The molecule has 2 aromatic carbocycles. The first-order valence-corrected chi connectivity index (χ1v) is 8.80. The van der Waals surface area contributed by atoms with Gasteiger partial charge in [0.1, 0.15) is 5.75 Å². The van der Waals surface area contributed by atoms with Crippen LogP contribution in [0.2, 0.25) is 5.02 Å². The highest BCUT2D eigenvalue weighted by molar-refractivity contribution is 6.30. The summed E-state index contributed by atoms with van der Waals surface area (Å²) in [6.07, 6.45) is 4.61. The van der Waals surface area contributed by atoms with Crippen LogP contribution in [0.15, 0.2) is 48.5 Å². The number of hydrogen-bond donors (Lipinski definition) is 2. The third-order valence-corrected chi connectivity index (χ3v) is 5.12. The molecule has 0 saturated heterocycles. The van der Waals surface area contributed by atoms with Crippen LogP contribution in [0.4, 0.5) is 0 Å². The van der Waals surface area contributed by atoms with Gasteiger partial charge in [0.25, 0.3) is 0 Å². The summed E-state index contributed by atoms with van der Waals surface area (Å²) in [4.78, 5) is 12.7. The van der Waals surface area contributed by atoms with Crippen molar-refractivity contribution in [3.63, 3.8) is 0 Å². The van der Waals surface area contributed by atoms with Gasteiger partial charge in [-0.25, -0.2) is 0 Å². The number of amides is 1. The molecule has 0 unspecified atom stereocenters. The molecule has 3 nitrogen and oxygen atoms in total. The van der Waals surface area contributed by atoms with Gasteiger partial charge in [-0.2, -0.15) is 0 Å². The number of aromatic hydroxyl groups is 1. The SMILES string of the molecule is O=C(NCCCc1ccc(O)cc1)C1(c2cccc(Cl)c2)CCC1. The number of carbonyl (C=O) groups is 1. The zero-order chi connectivity index (χ0) is 17.0. The summed E-state index contributed by atoms with van der Waals surface area (Å²) in [5.41, 5.74) is 1.79. The van der Waals surface area contributed by atoms with E-state index in [4.69, 9.17) is 11.6 Å². The zero-order valence-corrected chi connectivity index (χ0v) is 14.4. The molecule has 0 bridgehead atoms. The van der Waals surface area contributed by atoms with Gasteiger partial charge in [-0.15, -0.1) is 0 Å². The molecule has 24 heavy (non-hydrogen) atoms. The molecule has 3 rings (SSSR count). The van der Waals surface area contributed by atoms with E-state index in [9.17, 15) is 9.90 Å². The van der Waals surface area contributed by atoms with E-state index in [2.05, 4.69) is 5.32 Å². The van der Waals surface area contributed by atoms with Crippen molar-refractivity contribution < 1.29 is 9.90 Å². The molecule has 1 saturated carbocycles. The average Bonchev–Trinajstić information content (AvgIpc) is 2.52. The van der Waals surface area contributed by atoms with Crippen LogP contribution in [0.25, 0.3) is 0 Å². The quantitative estimate of drug-likeness (QED) is 0.772. The van der Waals surface area contributed by atoms with Crippen LogP contribution in [-0.2, 0) is 16.6 Å². The van der Waals surface area contributed by atoms with Crippen molar-refractivity contribution in [2.24, 2.45) is 0 Å². The predicted octanol–water partition coefficient (Wildman–Crippen LogP) is 4.22. The van der Waals surface area contributed by atoms with E-state index < -0.39 is 5.41 Å². The van der Waals surface area contributed by atoms with Crippen molar-refractivity contribution in [2.75, 3.05) is 6.54 Å². The van der Waals surface area contributed by atoms with Crippen LogP contribution in [0, 0.1) is 0 Å². The summed E-state index contributed by atoms with van der Waals surface area (Å²) in [5.74, 6) is 0.391. The van der Waals surface area contributed by atoms with Crippen LogP contribution in [0.5, 0.6) is 5.75 Å². The highest BCUT2D eigenvalue weighted by Gasteiger charge is 2.45. The molecule has 1 fully saturated rings. The average molecular weight is 344 g/mol. The van der Waals surface area contributed by atoms with Crippen LogP contribution in [0.1, 0.15) is 36.8 Å². The van der Waals surface area contributed by atoms with Gasteiger partial charge in [0.05, 0.1) is 5.41 Å². The first kappa shape index (κ1) is 16.8. The van der Waals surface area contributed by atoms with Gasteiger partial charge in [0.15, 0.2) is 0 Å². The fourth-order valence-corrected chi connectivity index (χ4v) is 3.48. The van der Waals surface area contributed by atoms with Gasteiger partial charge in [-0.3, -0.25) is 4.79 Å². The number of rotatable bonds is 6. The largest absolute Gasteiger partial charge is 0.508 e. The van der Waals surface area contributed by atoms with Gasteiger partial charge in [-0.05, 0) is 61.1 Å². The summed E-state index contributed by atoms with van der Waals surface area (Å²) in [6.45, 7) is 0.655. The molecule has 126 valence electrons. The maximum Gasteiger partial charge on any atom is 0.230 e. The maximum absolute atomic E-state index is 12.7. The van der Waals surface area contributed by atoms with E-state index in [1.807, 2.05) is 36.4 Å². The molecule has 0 aromatic heterocycles. The Morgan fingerprint density at radius 3 is 2.54 bits per heavy atom. The summed E-state index contributed by atoms with van der Waals surface area (Å²) in [5, 5.41) is 13.1. The van der Waals surface area contributed by atoms with Gasteiger partial charge in [0, 0.05) is 11.6 Å². The second kappa shape index (κ2) is 7.27. The Morgan fingerprint density at radius 2 is 1.92 bits per heavy atom. The first-order valence-electron chi connectivity index (χ1n) is 8.42. The number of aryl methyl sites for hydroxylation is 1. The summed E-state index contributed by atoms with van der Waals surface area (Å²) >= 11 is 6.09. The number of halogens is 1. The van der Waals surface area contributed by atoms with E-state index in [1.165, 1.54) is 0 Å². The first-order chi connectivity index (χ1) is 11.6. The Kier molecular flexibility index (Phi) is 5.10. The van der Waals surface area contributed by atoms with Crippen molar-refractivity contribution in [1.29, 1.82) is 0 Å². The van der Waals surface area contributed by atoms with Gasteiger partial charge in [-0.1, -0.05) is 42.3 Å². The topological polar surface area (TPSA) is 49.3 Å². The Morgan fingerprint density at radius 1 is 1.17 bits per heavy atom. The molecule has 1 amide bonds. The molecule has 1 aliphatic rings. The van der Waals surface area contributed by atoms with Crippen LogP contribution >= 0.6 is 11.6 Å². The van der Waals surface area contributed by atoms with Crippen LogP contribution in [-0.4, -0.2) is 17.6 Å². The van der Waals surface area contributed by atoms with E-state index >= 15 is 0 Å². The standard InChI is InChI=1S/C20H22ClNO2/c21-17-6-1-5-16(14-17)20(11-3-12-20)19(24)22-13-2-4-15-7-9-18(23)10-8-15/h1,5-10,14,23H,2-4,11-13H2,(H,22,24). The summed E-state index contributed by atoms with van der Waals surface area (Å²) in [7, 11) is 0. The Hall–Kier alpha value is -2.00. The minimum absolute atomic E-state index is 0.113. The summed E-state index contributed by atoms with van der Waals surface area (Å²) in [6, 6.07) is 14.9. The van der Waals surface area contributed by atoms with Gasteiger partial charge in [0.2, 0.25) is 5.91 Å². The molecular formula is C20H22ClNO2. The molecule has 0 spiro atoms. The second-order valence-corrected chi connectivity index (χ2v) is 6.91. The molecule has 0 radical (unpaired) electrons. The molecule has 4 heteroatoms. The van der Waals surface area contributed by atoms with Crippen LogP contribution in [0.3, 0.4) is 0 Å². The Bertz CT molecular complexity index is 708. The molecule has 1 aliphatic carbocycles. The number of nitrogens with one attached hydrogen (secondary N) is 1. The van der Waals surface area contributed by atoms with Crippen molar-refractivity contribution in [2.45, 2.75) is 37.5 Å². The van der Waals surface area contributed by atoms with Crippen molar-refractivity contribution in [3.05, 3.63) is 64.7 Å². The van der Waals surface area contributed by atoms with Gasteiger partial charge >= 0.3 is 0 Å². The lowest BCUT2D eigenvalue weighted by Crippen LogP contribution is -2.49. The highest BCUT2D eigenvalue weighted by atomic mass is 35.5. The maximum atomic E-state index is 12.7. The van der Waals surface area contributed by atoms with Crippen molar-refractivity contribution >= 4 is 17.5 Å². The minimum atomic E-state index is -0.399.